The Bertz CT molecular complexity index is 1510. The molecule has 4 saturated carbocycles. The number of ketones is 1. The molecular formula is C38H51NO6. The minimum absolute atomic E-state index is 0.00394. The number of carboxylic acid groups (broad SMARTS) is 2. The summed E-state index contributed by atoms with van der Waals surface area (Å²) in [5, 5.41) is 23.1. The first kappa shape index (κ1) is 32.0. The predicted octanol–water partition coefficient (Wildman–Crippen LogP) is 7.55. The third-order valence-corrected chi connectivity index (χ3v) is 14.8. The molecule has 7 nitrogen and oxygen atoms in total. The molecule has 4 fully saturated rings. The number of rotatable bonds is 4. The van der Waals surface area contributed by atoms with Crippen molar-refractivity contribution in [2.75, 3.05) is 0 Å². The molecule has 0 aliphatic heterocycles. The van der Waals surface area contributed by atoms with Crippen molar-refractivity contribution in [1.82, 2.24) is 5.32 Å². The molecule has 5 unspecified atom stereocenters. The third kappa shape index (κ3) is 4.34. The Morgan fingerprint density at radius 1 is 0.822 bits per heavy atom. The van der Waals surface area contributed by atoms with Crippen LogP contribution in [0, 0.1) is 50.2 Å². The van der Waals surface area contributed by atoms with Crippen molar-refractivity contribution in [2.24, 2.45) is 50.2 Å². The number of benzene rings is 1. The molecule has 0 aromatic heterocycles. The molecule has 0 saturated heterocycles. The second-order valence-electron chi connectivity index (χ2n) is 17.3. The van der Waals surface area contributed by atoms with Crippen LogP contribution >= 0.6 is 0 Å². The van der Waals surface area contributed by atoms with Crippen LogP contribution in [0.4, 0.5) is 0 Å². The maximum Gasteiger partial charge on any atom is 0.336 e. The molecule has 7 heteroatoms. The number of aromatic carboxylic acids is 1. The van der Waals surface area contributed by atoms with E-state index in [-0.39, 0.29) is 73.7 Å². The number of nitrogens with one attached hydrogen (secondary N) is 1. The fourth-order valence-corrected chi connectivity index (χ4v) is 11.7. The van der Waals surface area contributed by atoms with Gasteiger partial charge in [-0.2, -0.15) is 0 Å². The number of hydrogen-bond donors (Lipinski definition) is 3. The smallest absolute Gasteiger partial charge is 0.336 e. The summed E-state index contributed by atoms with van der Waals surface area (Å²) in [6, 6.07) is 6.19. The largest absolute Gasteiger partial charge is 0.481 e. The molecule has 5 aliphatic carbocycles. The molecule has 0 heterocycles. The van der Waals surface area contributed by atoms with Crippen molar-refractivity contribution in [3.8, 4) is 0 Å². The normalized spacial score (nSPS) is 43.4. The Morgan fingerprint density at radius 2 is 1.47 bits per heavy atom. The van der Waals surface area contributed by atoms with Gasteiger partial charge in [0.1, 0.15) is 0 Å². The van der Waals surface area contributed by atoms with Gasteiger partial charge < -0.3 is 15.5 Å². The highest BCUT2D eigenvalue weighted by Gasteiger charge is 2.70. The maximum atomic E-state index is 14.6. The van der Waals surface area contributed by atoms with E-state index >= 15 is 0 Å². The second kappa shape index (κ2) is 10.0. The molecular weight excluding hydrogens is 566 g/mol. The van der Waals surface area contributed by atoms with Crippen molar-refractivity contribution in [2.45, 2.75) is 112 Å². The molecule has 6 rings (SSSR count). The summed E-state index contributed by atoms with van der Waals surface area (Å²) < 4.78 is 0. The average Bonchev–Trinajstić information content (AvgIpc) is 2.96. The molecule has 3 N–H and O–H groups in total. The summed E-state index contributed by atoms with van der Waals surface area (Å²) in [5.41, 5.74) is -0.381. The van der Waals surface area contributed by atoms with Gasteiger partial charge in [-0.1, -0.05) is 59.2 Å². The second-order valence-corrected chi connectivity index (χ2v) is 17.3. The number of carbonyl (C=O) groups is 4. The molecule has 5 aliphatic rings. The van der Waals surface area contributed by atoms with E-state index in [1.807, 2.05) is 13.0 Å². The number of amides is 1. The van der Waals surface area contributed by atoms with Crippen LogP contribution in [-0.2, 0) is 9.59 Å². The zero-order chi connectivity index (χ0) is 33.0. The van der Waals surface area contributed by atoms with Crippen molar-refractivity contribution in [3.63, 3.8) is 0 Å². The lowest BCUT2D eigenvalue weighted by Crippen LogP contribution is -2.67. The Hall–Kier alpha value is -2.96. The number of hydrogen-bond acceptors (Lipinski definition) is 4. The number of aliphatic carboxylic acids is 1. The Labute approximate surface area is 267 Å². The molecule has 0 spiro atoms. The number of carbonyl (C=O) groups excluding carboxylic acids is 2. The standard InChI is InChI=1S/C38H51NO6/c1-33(2)27-12-15-38(7)29(36(27,5)14-13-28(33)39-30(41)22-10-8-9-11-23(22)31(42)43)26(40)20-24-25-21-35(4,32(44)45)17-16-34(25,3)18-19-37(24,38)6/h8-11,20,25,27-29H,12-19,21H2,1-7H3,(H,39,41)(H,42,43)(H,44,45)/t25?,27?,28?,29?,34-,35+,36?,37-,38-/m1/s1. The van der Waals surface area contributed by atoms with E-state index in [1.165, 1.54) is 11.6 Å². The fourth-order valence-electron chi connectivity index (χ4n) is 11.7. The van der Waals surface area contributed by atoms with Gasteiger partial charge in [-0.15, -0.1) is 0 Å². The lowest BCUT2D eigenvalue weighted by Gasteiger charge is -2.70. The molecule has 0 bridgehead atoms. The number of allylic oxidation sites excluding steroid dienone is 2. The van der Waals surface area contributed by atoms with Gasteiger partial charge in [-0.05, 0) is 122 Å². The van der Waals surface area contributed by atoms with Crippen molar-refractivity contribution < 1.29 is 29.4 Å². The molecule has 9 atom stereocenters. The monoisotopic (exact) mass is 617 g/mol. The highest BCUT2D eigenvalue weighted by molar-refractivity contribution is 6.05. The van der Waals surface area contributed by atoms with Crippen LogP contribution in [0.25, 0.3) is 0 Å². The van der Waals surface area contributed by atoms with E-state index in [0.717, 1.165) is 38.5 Å². The van der Waals surface area contributed by atoms with E-state index in [1.54, 1.807) is 18.2 Å². The van der Waals surface area contributed by atoms with E-state index in [0.29, 0.717) is 19.3 Å². The highest BCUT2D eigenvalue weighted by atomic mass is 16.4. The average molecular weight is 618 g/mol. The predicted molar refractivity (Wildman–Crippen MR) is 172 cm³/mol. The van der Waals surface area contributed by atoms with E-state index in [4.69, 9.17) is 0 Å². The van der Waals surface area contributed by atoms with Crippen LogP contribution in [0.15, 0.2) is 35.9 Å². The van der Waals surface area contributed by atoms with Crippen LogP contribution in [0.5, 0.6) is 0 Å². The van der Waals surface area contributed by atoms with Crippen LogP contribution < -0.4 is 5.32 Å². The molecule has 0 radical (unpaired) electrons. The van der Waals surface area contributed by atoms with Crippen molar-refractivity contribution in [3.05, 3.63) is 47.0 Å². The highest BCUT2D eigenvalue weighted by Crippen LogP contribution is 2.75. The van der Waals surface area contributed by atoms with E-state index in [2.05, 4.69) is 46.9 Å². The number of carboxylic acids is 2. The zero-order valence-corrected chi connectivity index (χ0v) is 28.1. The topological polar surface area (TPSA) is 121 Å². The van der Waals surface area contributed by atoms with Gasteiger partial charge in [0, 0.05) is 12.0 Å². The molecule has 1 amide bonds. The Morgan fingerprint density at radius 3 is 2.11 bits per heavy atom. The quantitative estimate of drug-likeness (QED) is 0.321. The van der Waals surface area contributed by atoms with Gasteiger partial charge in [0.25, 0.3) is 5.91 Å². The summed E-state index contributed by atoms with van der Waals surface area (Å²) in [6.07, 6.45) is 9.57. The molecule has 244 valence electrons. The minimum Gasteiger partial charge on any atom is -0.481 e. The van der Waals surface area contributed by atoms with Gasteiger partial charge in [-0.3, -0.25) is 14.4 Å². The SMILES string of the molecule is CC1(C)C(NC(=O)c2ccccc2C(=O)O)CCC2(C)C1CC[C@]1(C)C2C(=O)C=C2C3C[C@@](C)(C(=O)O)CC[C@]3(C)CC[C@]21C. The van der Waals surface area contributed by atoms with Crippen LogP contribution in [0.1, 0.15) is 127 Å². The molecule has 1 aromatic rings. The van der Waals surface area contributed by atoms with Crippen molar-refractivity contribution in [1.29, 1.82) is 0 Å². The summed E-state index contributed by atoms with van der Waals surface area (Å²) >= 11 is 0. The Balaban J connectivity index is 1.33. The molecule has 1 aromatic carbocycles. The first-order chi connectivity index (χ1) is 20.8. The first-order valence-corrected chi connectivity index (χ1v) is 17.0. The van der Waals surface area contributed by atoms with Gasteiger partial charge in [-0.25, -0.2) is 4.79 Å². The summed E-state index contributed by atoms with van der Waals surface area (Å²) in [4.78, 5) is 52.3. The summed E-state index contributed by atoms with van der Waals surface area (Å²) in [5.74, 6) is -1.88. The summed E-state index contributed by atoms with van der Waals surface area (Å²) in [6.45, 7) is 15.7. The van der Waals surface area contributed by atoms with Gasteiger partial charge in [0.2, 0.25) is 0 Å². The van der Waals surface area contributed by atoms with E-state index < -0.39 is 17.4 Å². The number of fused-ring (bicyclic) bond motifs is 7. The minimum atomic E-state index is -1.12. The van der Waals surface area contributed by atoms with Crippen LogP contribution in [0.2, 0.25) is 0 Å². The van der Waals surface area contributed by atoms with Crippen molar-refractivity contribution >= 4 is 23.6 Å². The molecule has 45 heavy (non-hydrogen) atoms. The third-order valence-electron chi connectivity index (χ3n) is 14.8. The fraction of sp³-hybridized carbons (Fsp3) is 0.684. The van der Waals surface area contributed by atoms with Gasteiger partial charge in [0.05, 0.1) is 16.5 Å². The van der Waals surface area contributed by atoms with E-state index in [9.17, 15) is 29.4 Å². The Kier molecular flexibility index (Phi) is 7.12. The van der Waals surface area contributed by atoms with Gasteiger partial charge >= 0.3 is 11.9 Å². The lowest BCUT2D eigenvalue weighted by atomic mass is 9.33. The zero-order valence-electron chi connectivity index (χ0n) is 28.1. The van der Waals surface area contributed by atoms with Gasteiger partial charge in [0.15, 0.2) is 5.78 Å². The van der Waals surface area contributed by atoms with Crippen LogP contribution in [-0.4, -0.2) is 39.9 Å². The first-order valence-electron chi connectivity index (χ1n) is 17.0. The lowest BCUT2D eigenvalue weighted by molar-refractivity contribution is -0.189. The van der Waals surface area contributed by atoms with Crippen LogP contribution in [0.3, 0.4) is 0 Å². The summed E-state index contributed by atoms with van der Waals surface area (Å²) in [7, 11) is 0. The maximum absolute atomic E-state index is 14.6.